The molecule has 2 fully saturated rings. The molecule has 2 bridgehead atoms. The highest BCUT2D eigenvalue weighted by atomic mass is 32.1. The highest BCUT2D eigenvalue weighted by Crippen LogP contribution is 2.37. The molecule has 2 aliphatic rings. The molecule has 2 aliphatic heterocycles. The summed E-state index contributed by atoms with van der Waals surface area (Å²) in [5, 5.41) is 9.84. The minimum absolute atomic E-state index is 0.100. The van der Waals surface area contributed by atoms with Crippen molar-refractivity contribution in [1.82, 2.24) is 4.90 Å². The first-order chi connectivity index (χ1) is 10.1. The van der Waals surface area contributed by atoms with Gasteiger partial charge in [-0.1, -0.05) is 11.8 Å². The maximum absolute atomic E-state index is 12.8. The van der Waals surface area contributed by atoms with Crippen LogP contribution in [0.2, 0.25) is 0 Å². The van der Waals surface area contributed by atoms with E-state index in [2.05, 4.69) is 11.8 Å². The van der Waals surface area contributed by atoms with Crippen LogP contribution in [0.3, 0.4) is 0 Å². The molecule has 112 valence electrons. The molecule has 0 saturated carbocycles. The Balaban J connectivity index is 1.83. The Morgan fingerprint density at radius 1 is 1.48 bits per heavy atom. The SMILES string of the molecule is Cc1cc(C(=O)N2C3CCC2CC(O)C3)sc1C#CCN. The van der Waals surface area contributed by atoms with Crippen molar-refractivity contribution in [3.63, 3.8) is 0 Å². The quantitative estimate of drug-likeness (QED) is 0.773. The van der Waals surface area contributed by atoms with Gasteiger partial charge in [0.1, 0.15) is 0 Å². The zero-order chi connectivity index (χ0) is 15.0. The lowest BCUT2D eigenvalue weighted by molar-refractivity contribution is 0.0290. The lowest BCUT2D eigenvalue weighted by atomic mass is 9.99. The molecule has 3 rings (SSSR count). The van der Waals surface area contributed by atoms with Gasteiger partial charge in [0.15, 0.2) is 0 Å². The van der Waals surface area contributed by atoms with Crippen molar-refractivity contribution in [3.8, 4) is 11.8 Å². The Bertz CT molecular complexity index is 600. The lowest BCUT2D eigenvalue weighted by Crippen LogP contribution is -2.47. The van der Waals surface area contributed by atoms with Crippen LogP contribution in [0.5, 0.6) is 0 Å². The number of hydrogen-bond acceptors (Lipinski definition) is 4. The first kappa shape index (κ1) is 14.6. The third-order valence-corrected chi connectivity index (χ3v) is 5.52. The average molecular weight is 304 g/mol. The number of aryl methyl sites for hydroxylation is 1. The molecular weight excluding hydrogens is 284 g/mol. The summed E-state index contributed by atoms with van der Waals surface area (Å²) in [4.78, 5) is 16.5. The number of thiophene rings is 1. The Kier molecular flexibility index (Phi) is 4.03. The van der Waals surface area contributed by atoms with Crippen LogP contribution in [0.4, 0.5) is 0 Å². The Morgan fingerprint density at radius 2 is 2.14 bits per heavy atom. The smallest absolute Gasteiger partial charge is 0.264 e. The van der Waals surface area contributed by atoms with Gasteiger partial charge in [0.25, 0.3) is 5.91 Å². The van der Waals surface area contributed by atoms with Crippen molar-refractivity contribution in [2.24, 2.45) is 5.73 Å². The third kappa shape index (κ3) is 2.71. The van der Waals surface area contributed by atoms with Crippen LogP contribution >= 0.6 is 11.3 Å². The van der Waals surface area contributed by atoms with Crippen molar-refractivity contribution < 1.29 is 9.90 Å². The molecule has 3 heterocycles. The first-order valence-electron chi connectivity index (χ1n) is 7.40. The number of rotatable bonds is 1. The van der Waals surface area contributed by atoms with E-state index in [-0.39, 0.29) is 24.1 Å². The molecule has 4 nitrogen and oxygen atoms in total. The normalized spacial score (nSPS) is 27.4. The molecule has 0 radical (unpaired) electrons. The van der Waals surface area contributed by atoms with Crippen LogP contribution in [0.15, 0.2) is 6.07 Å². The minimum atomic E-state index is -0.248. The highest BCUT2D eigenvalue weighted by Gasteiger charge is 2.43. The monoisotopic (exact) mass is 304 g/mol. The van der Waals surface area contributed by atoms with Crippen molar-refractivity contribution in [2.45, 2.75) is 50.8 Å². The second kappa shape index (κ2) is 5.80. The van der Waals surface area contributed by atoms with E-state index >= 15 is 0 Å². The lowest BCUT2D eigenvalue weighted by Gasteiger charge is -2.36. The molecule has 2 saturated heterocycles. The largest absolute Gasteiger partial charge is 0.393 e. The molecule has 1 amide bonds. The van der Waals surface area contributed by atoms with E-state index in [1.807, 2.05) is 17.9 Å². The molecule has 1 aromatic heterocycles. The molecule has 3 N–H and O–H groups in total. The van der Waals surface area contributed by atoms with Gasteiger partial charge in [-0.2, -0.15) is 0 Å². The van der Waals surface area contributed by atoms with E-state index in [1.54, 1.807) is 0 Å². The molecule has 21 heavy (non-hydrogen) atoms. The zero-order valence-corrected chi connectivity index (χ0v) is 12.9. The van der Waals surface area contributed by atoms with E-state index < -0.39 is 0 Å². The van der Waals surface area contributed by atoms with Crippen molar-refractivity contribution >= 4 is 17.2 Å². The number of amides is 1. The predicted molar refractivity (Wildman–Crippen MR) is 83.2 cm³/mol. The number of piperidine rings is 1. The van der Waals surface area contributed by atoms with Gasteiger partial charge in [-0.3, -0.25) is 4.79 Å². The Labute approximate surface area is 128 Å². The van der Waals surface area contributed by atoms with Gasteiger partial charge in [-0.15, -0.1) is 11.3 Å². The maximum atomic E-state index is 12.8. The van der Waals surface area contributed by atoms with Crippen LogP contribution in [0, 0.1) is 18.8 Å². The minimum Gasteiger partial charge on any atom is -0.393 e. The summed E-state index contributed by atoms with van der Waals surface area (Å²) in [5.41, 5.74) is 6.44. The van der Waals surface area contributed by atoms with Gasteiger partial charge in [0.05, 0.1) is 22.4 Å². The number of aliphatic hydroxyl groups is 1. The Morgan fingerprint density at radius 3 is 2.76 bits per heavy atom. The van der Waals surface area contributed by atoms with Crippen molar-refractivity contribution in [3.05, 3.63) is 21.4 Å². The van der Waals surface area contributed by atoms with E-state index in [0.717, 1.165) is 28.2 Å². The number of nitrogens with two attached hydrogens (primary N) is 1. The predicted octanol–water partition coefficient (Wildman–Crippen LogP) is 1.49. The van der Waals surface area contributed by atoms with Gasteiger partial charge in [0, 0.05) is 12.1 Å². The maximum Gasteiger partial charge on any atom is 0.264 e. The average Bonchev–Trinajstić information content (AvgIpc) is 2.95. The molecule has 5 heteroatoms. The van der Waals surface area contributed by atoms with Crippen LogP contribution in [0.1, 0.15) is 45.8 Å². The van der Waals surface area contributed by atoms with E-state index in [9.17, 15) is 9.90 Å². The van der Waals surface area contributed by atoms with Crippen LogP contribution < -0.4 is 5.73 Å². The van der Waals surface area contributed by atoms with Gasteiger partial charge < -0.3 is 15.7 Å². The van der Waals surface area contributed by atoms with Crippen molar-refractivity contribution in [2.75, 3.05) is 6.54 Å². The Hall–Kier alpha value is -1.35. The molecule has 2 unspecified atom stereocenters. The molecule has 1 aromatic rings. The standard InChI is InChI=1S/C16H20N2O2S/c1-10-7-15(21-14(10)3-2-6-17)16(20)18-11-4-5-12(18)9-13(19)8-11/h7,11-13,19H,4-6,8-9,17H2,1H3. The summed E-state index contributed by atoms with van der Waals surface area (Å²) in [5.74, 6) is 5.97. The molecule has 2 atom stereocenters. The molecule has 0 spiro atoms. The fourth-order valence-electron chi connectivity index (χ4n) is 3.45. The second-order valence-electron chi connectivity index (χ2n) is 5.85. The van der Waals surface area contributed by atoms with Gasteiger partial charge in [-0.25, -0.2) is 0 Å². The summed E-state index contributed by atoms with van der Waals surface area (Å²) >= 11 is 1.45. The number of fused-ring (bicyclic) bond motifs is 2. The topological polar surface area (TPSA) is 66.6 Å². The number of aliphatic hydroxyl groups excluding tert-OH is 1. The third-order valence-electron chi connectivity index (χ3n) is 4.38. The van der Waals surface area contributed by atoms with Crippen molar-refractivity contribution in [1.29, 1.82) is 0 Å². The molecular formula is C16H20N2O2S. The summed E-state index contributed by atoms with van der Waals surface area (Å²) in [7, 11) is 0. The van der Waals surface area contributed by atoms with Gasteiger partial charge in [0.2, 0.25) is 0 Å². The van der Waals surface area contributed by atoms with Gasteiger partial charge >= 0.3 is 0 Å². The summed E-state index contributed by atoms with van der Waals surface area (Å²) in [6, 6.07) is 2.33. The van der Waals surface area contributed by atoms with E-state index in [4.69, 9.17) is 5.73 Å². The molecule has 0 aromatic carbocycles. The van der Waals surface area contributed by atoms with Crippen LogP contribution in [-0.4, -0.2) is 40.6 Å². The van der Waals surface area contributed by atoms with Crippen LogP contribution in [0.25, 0.3) is 0 Å². The number of hydrogen-bond donors (Lipinski definition) is 2. The zero-order valence-electron chi connectivity index (χ0n) is 12.1. The summed E-state index contributed by atoms with van der Waals surface area (Å²) < 4.78 is 0. The van der Waals surface area contributed by atoms with E-state index in [1.165, 1.54) is 11.3 Å². The first-order valence-corrected chi connectivity index (χ1v) is 8.22. The fourth-order valence-corrected chi connectivity index (χ4v) is 4.44. The number of nitrogens with zero attached hydrogens (tertiary/aromatic N) is 1. The fraction of sp³-hybridized carbons (Fsp3) is 0.562. The number of carbonyl (C=O) groups excluding carboxylic acids is 1. The summed E-state index contributed by atoms with van der Waals surface area (Å²) in [6.45, 7) is 2.30. The molecule has 0 aliphatic carbocycles. The summed E-state index contributed by atoms with van der Waals surface area (Å²) in [6.07, 6.45) is 3.20. The van der Waals surface area contributed by atoms with Crippen LogP contribution in [-0.2, 0) is 0 Å². The second-order valence-corrected chi connectivity index (χ2v) is 6.90. The highest BCUT2D eigenvalue weighted by molar-refractivity contribution is 7.14. The van der Waals surface area contributed by atoms with E-state index in [0.29, 0.717) is 19.4 Å². The number of carbonyl (C=O) groups is 1. The van der Waals surface area contributed by atoms with Gasteiger partial charge in [-0.05, 0) is 44.2 Å².